The Morgan fingerprint density at radius 1 is 0.463 bits per heavy atom. The second kappa shape index (κ2) is 13.1. The minimum Gasteiger partial charge on any atom is -0.354 e. The highest BCUT2D eigenvalue weighted by Gasteiger charge is 2.30. The molecule has 2 N–H and O–H groups in total. The van der Waals surface area contributed by atoms with Crippen LogP contribution in [-0.4, -0.2) is 29.8 Å². The van der Waals surface area contributed by atoms with Crippen molar-refractivity contribution in [1.82, 2.24) is 19.9 Å². The van der Waals surface area contributed by atoms with Crippen LogP contribution in [0.1, 0.15) is 22.8 Å². The summed E-state index contributed by atoms with van der Waals surface area (Å²) in [6, 6.07) is 43.3. The maximum absolute atomic E-state index is 13.0. The number of aromatic amines is 2. The van der Waals surface area contributed by atoms with Gasteiger partial charge in [0, 0.05) is 45.4 Å². The van der Waals surface area contributed by atoms with Crippen LogP contribution < -0.4 is 0 Å². The van der Waals surface area contributed by atoms with Gasteiger partial charge in [-0.2, -0.15) is 0 Å². The first-order chi connectivity index (χ1) is 26.4. The normalized spacial score (nSPS) is 12.0. The molecular weight excluding hydrogens is 677 g/mol. The van der Waals surface area contributed by atoms with E-state index in [0.717, 1.165) is 22.2 Å². The number of H-pyrrole nitrogens is 2. The standard InChI is InChI=1S/C44H28N6O4/c51-49(52)37-25-35-40(28-15-7-2-8-16-28)33-22-21-31(45-33)39(27-13-5-1-6-14-27)32-23-24-34(46-32)41(29-17-9-3-10-18-29)43-38(50(53)54)26-36(48-43)42(44(37)47-35)30-19-11-4-12-20-30/h1-26,46-47H. The topological polar surface area (TPSA) is 144 Å². The smallest absolute Gasteiger partial charge is 0.297 e. The van der Waals surface area contributed by atoms with Crippen LogP contribution in [0.3, 0.4) is 0 Å². The van der Waals surface area contributed by atoms with E-state index in [-0.39, 0.29) is 28.3 Å². The Bertz CT molecular complexity index is 2860. The van der Waals surface area contributed by atoms with Crippen LogP contribution in [0.5, 0.6) is 0 Å². The van der Waals surface area contributed by atoms with Gasteiger partial charge in [-0.1, -0.05) is 121 Å². The van der Waals surface area contributed by atoms with Crippen LogP contribution in [-0.2, 0) is 0 Å². The van der Waals surface area contributed by atoms with Crippen LogP contribution in [0.4, 0.5) is 5.69 Å². The number of nitro groups is 2. The van der Waals surface area contributed by atoms with Gasteiger partial charge in [-0.05, 0) is 46.5 Å². The van der Waals surface area contributed by atoms with Crippen molar-refractivity contribution in [1.29, 1.82) is 0 Å². The monoisotopic (exact) mass is 704 g/mol. The maximum atomic E-state index is 13.0. The van der Waals surface area contributed by atoms with E-state index in [2.05, 4.69) is 9.97 Å². The molecule has 0 unspecified atom stereocenters. The lowest BCUT2D eigenvalue weighted by atomic mass is 10.0. The number of benzene rings is 4. The molecule has 0 saturated heterocycles. The summed E-state index contributed by atoms with van der Waals surface area (Å²) in [4.78, 5) is 42.2. The number of hydrogen-bond donors (Lipinski definition) is 2. The number of fused-ring (bicyclic) bond motifs is 8. The molecule has 2 aliphatic heterocycles. The molecule has 54 heavy (non-hydrogen) atoms. The number of aromatic nitrogens is 4. The lowest BCUT2D eigenvalue weighted by Crippen LogP contribution is -1.98. The third kappa shape index (κ3) is 5.55. The molecular formula is C44H28N6O4. The summed E-state index contributed by atoms with van der Waals surface area (Å²) >= 11 is 0. The zero-order chi connectivity index (χ0) is 36.8. The predicted molar refractivity (Wildman–Crippen MR) is 213 cm³/mol. The molecule has 9 rings (SSSR count). The Hall–Kier alpha value is -7.72. The highest BCUT2D eigenvalue weighted by Crippen LogP contribution is 2.42. The molecule has 7 aromatic rings. The summed E-state index contributed by atoms with van der Waals surface area (Å²) in [6.07, 6.45) is 5.27. The molecule has 0 fully saturated rings. The average Bonchev–Trinajstić information content (AvgIpc) is 4.03. The Morgan fingerprint density at radius 3 is 1.43 bits per heavy atom. The van der Waals surface area contributed by atoms with Crippen molar-refractivity contribution in [2.75, 3.05) is 0 Å². The molecule has 258 valence electrons. The molecule has 0 atom stereocenters. The summed E-state index contributed by atoms with van der Waals surface area (Å²) < 4.78 is 0. The van der Waals surface area contributed by atoms with Gasteiger partial charge in [-0.3, -0.25) is 20.2 Å². The van der Waals surface area contributed by atoms with E-state index in [1.807, 2.05) is 146 Å². The van der Waals surface area contributed by atoms with Crippen molar-refractivity contribution in [2.45, 2.75) is 0 Å². The van der Waals surface area contributed by atoms with Gasteiger partial charge in [0.15, 0.2) is 5.69 Å². The molecule has 0 amide bonds. The summed E-state index contributed by atoms with van der Waals surface area (Å²) in [5.41, 5.74) is 8.40. The molecule has 0 aliphatic carbocycles. The van der Waals surface area contributed by atoms with Gasteiger partial charge in [-0.25, -0.2) is 9.97 Å². The quantitative estimate of drug-likeness (QED) is 0.130. The van der Waals surface area contributed by atoms with E-state index in [4.69, 9.17) is 9.97 Å². The molecule has 10 heteroatoms. The molecule has 2 aliphatic rings. The molecule has 0 saturated carbocycles. The van der Waals surface area contributed by atoms with E-state index in [1.165, 1.54) is 12.1 Å². The van der Waals surface area contributed by atoms with E-state index >= 15 is 0 Å². The van der Waals surface area contributed by atoms with E-state index < -0.39 is 9.85 Å². The van der Waals surface area contributed by atoms with Crippen molar-refractivity contribution in [3.63, 3.8) is 0 Å². The summed E-state index contributed by atoms with van der Waals surface area (Å²) in [7, 11) is 0. The minimum atomic E-state index is -0.456. The first-order valence-electron chi connectivity index (χ1n) is 17.2. The van der Waals surface area contributed by atoms with Crippen LogP contribution in [0, 0.1) is 20.2 Å². The summed E-state index contributed by atoms with van der Waals surface area (Å²) in [5, 5.41) is 25.9. The molecule has 4 aromatic carbocycles. The first-order valence-corrected chi connectivity index (χ1v) is 17.2. The van der Waals surface area contributed by atoms with Gasteiger partial charge in [0.2, 0.25) is 0 Å². The molecule has 8 bridgehead atoms. The Morgan fingerprint density at radius 2 is 0.926 bits per heavy atom. The second-order valence-electron chi connectivity index (χ2n) is 12.8. The molecule has 5 heterocycles. The lowest BCUT2D eigenvalue weighted by molar-refractivity contribution is -0.382. The van der Waals surface area contributed by atoms with Gasteiger partial charge in [-0.15, -0.1) is 0 Å². The lowest BCUT2D eigenvalue weighted by Gasteiger charge is -2.06. The zero-order valence-corrected chi connectivity index (χ0v) is 28.4. The van der Waals surface area contributed by atoms with Crippen LogP contribution in [0.25, 0.3) is 90.5 Å². The van der Waals surface area contributed by atoms with Gasteiger partial charge < -0.3 is 9.97 Å². The second-order valence-corrected chi connectivity index (χ2v) is 12.8. The molecule has 10 nitrogen and oxygen atoms in total. The van der Waals surface area contributed by atoms with Gasteiger partial charge in [0.1, 0.15) is 5.52 Å². The summed E-state index contributed by atoms with van der Waals surface area (Å²) in [5.74, 6) is 0. The third-order valence-electron chi connectivity index (χ3n) is 9.58. The fourth-order valence-corrected chi connectivity index (χ4v) is 7.24. The Balaban J connectivity index is 1.56. The van der Waals surface area contributed by atoms with Crippen molar-refractivity contribution in [3.8, 4) is 44.5 Å². The van der Waals surface area contributed by atoms with Gasteiger partial charge in [0.25, 0.3) is 11.4 Å². The number of hydrogen-bond acceptors (Lipinski definition) is 6. The van der Waals surface area contributed by atoms with Crippen LogP contribution in [0.15, 0.2) is 140 Å². The van der Waals surface area contributed by atoms with Crippen molar-refractivity contribution >= 4 is 51.7 Å². The van der Waals surface area contributed by atoms with E-state index in [1.54, 1.807) is 0 Å². The van der Waals surface area contributed by atoms with Gasteiger partial charge >= 0.3 is 0 Å². The molecule has 0 spiro atoms. The van der Waals surface area contributed by atoms with E-state index in [0.29, 0.717) is 50.2 Å². The first kappa shape index (κ1) is 32.2. The maximum Gasteiger partial charge on any atom is 0.297 e. The number of rotatable bonds is 6. The highest BCUT2D eigenvalue weighted by atomic mass is 16.6. The fourth-order valence-electron chi connectivity index (χ4n) is 7.24. The van der Waals surface area contributed by atoms with Crippen molar-refractivity contribution in [3.05, 3.63) is 183 Å². The average molecular weight is 705 g/mol. The zero-order valence-electron chi connectivity index (χ0n) is 28.4. The van der Waals surface area contributed by atoms with Gasteiger partial charge in [0.05, 0.1) is 32.4 Å². The fraction of sp³-hybridized carbons (Fsp3) is 0. The minimum absolute atomic E-state index is 0.121. The van der Waals surface area contributed by atoms with E-state index in [9.17, 15) is 20.2 Å². The largest absolute Gasteiger partial charge is 0.354 e. The molecule has 3 aromatic heterocycles. The highest BCUT2D eigenvalue weighted by molar-refractivity contribution is 6.02. The van der Waals surface area contributed by atoms with Crippen LogP contribution >= 0.6 is 0 Å². The molecule has 0 radical (unpaired) electrons. The Kier molecular flexibility index (Phi) is 7.82. The number of nitrogens with zero attached hydrogens (tertiary/aromatic N) is 4. The SMILES string of the molecule is O=[N+]([O-])C1=Cc2nc1c(-c1ccccc1)c1ccc([nH]1)c(-c1ccccc1)c1nc(c(-c3ccccc3)c3cc([N+](=O)[O-])c([nH]3)c2-c2ccccc2)C=C1. The summed E-state index contributed by atoms with van der Waals surface area (Å²) in [6.45, 7) is 0. The van der Waals surface area contributed by atoms with Crippen LogP contribution in [0.2, 0.25) is 0 Å². The Labute approximate surface area is 307 Å². The van der Waals surface area contributed by atoms with Crippen molar-refractivity contribution < 1.29 is 9.85 Å². The van der Waals surface area contributed by atoms with Crippen molar-refractivity contribution in [2.24, 2.45) is 0 Å². The third-order valence-corrected chi connectivity index (χ3v) is 9.58. The number of nitrogens with one attached hydrogen (secondary N) is 2. The predicted octanol–water partition coefficient (Wildman–Crippen LogP) is 10.8.